The third kappa shape index (κ3) is 3.14. The molecule has 2 aromatic rings. The maximum Gasteiger partial charge on any atom is 0.226 e. The van der Waals surface area contributed by atoms with Crippen molar-refractivity contribution in [2.75, 3.05) is 24.5 Å². The Hall–Kier alpha value is -2.43. The number of fused-ring (bicyclic) bond motifs is 2. The van der Waals surface area contributed by atoms with Crippen molar-refractivity contribution < 1.29 is 4.79 Å². The van der Waals surface area contributed by atoms with Gasteiger partial charge in [-0.15, -0.1) is 0 Å². The zero-order valence-corrected chi connectivity index (χ0v) is 19.6. The minimum absolute atomic E-state index is 0.120. The number of hydrogen-bond donors (Lipinski definition) is 1. The van der Waals surface area contributed by atoms with E-state index in [4.69, 9.17) is 9.97 Å². The highest BCUT2D eigenvalue weighted by molar-refractivity contribution is 5.84. The fourth-order valence-corrected chi connectivity index (χ4v) is 7.55. The Morgan fingerprint density at radius 1 is 1.12 bits per heavy atom. The largest absolute Gasteiger partial charge is 0.356 e. The molecule has 5 aliphatic rings. The molecule has 2 saturated carbocycles. The van der Waals surface area contributed by atoms with Crippen LogP contribution in [0.3, 0.4) is 0 Å². The lowest BCUT2D eigenvalue weighted by molar-refractivity contribution is -0.125. The molecule has 1 aliphatic heterocycles. The van der Waals surface area contributed by atoms with E-state index in [9.17, 15) is 4.79 Å². The Labute approximate surface area is 196 Å². The maximum absolute atomic E-state index is 12.9. The minimum Gasteiger partial charge on any atom is -0.356 e. The molecule has 5 heteroatoms. The van der Waals surface area contributed by atoms with Gasteiger partial charge in [-0.05, 0) is 105 Å². The van der Waals surface area contributed by atoms with Crippen LogP contribution >= 0.6 is 0 Å². The topological polar surface area (TPSA) is 58.1 Å². The van der Waals surface area contributed by atoms with Crippen LogP contribution in [0, 0.1) is 36.0 Å². The first-order chi connectivity index (χ1) is 16.1. The Kier molecular flexibility index (Phi) is 4.41. The number of benzene rings is 1. The van der Waals surface area contributed by atoms with Crippen LogP contribution < -0.4 is 10.2 Å². The average molecular weight is 443 g/mol. The molecule has 1 amide bonds. The van der Waals surface area contributed by atoms with E-state index in [1.165, 1.54) is 55.0 Å². The standard InChI is InChI=1S/C28H34N4O/c1-17-23-14-19-3-2-4-20(19)15-25(23)31-27(30-17)32-11-7-18(8-12-32)26(33)29-16-21-13-22-5-6-24(21)28(22)9-10-28/h5-6,14-15,18,21-22,24H,2-4,7-13,16H2,1H3,(H,29,33)/t21-,22+,24-/m0/s1. The number of anilines is 1. The van der Waals surface area contributed by atoms with Gasteiger partial charge in [0.15, 0.2) is 0 Å². The molecule has 3 atom stereocenters. The minimum atomic E-state index is 0.120. The lowest BCUT2D eigenvalue weighted by Gasteiger charge is -2.32. The maximum atomic E-state index is 12.9. The van der Waals surface area contributed by atoms with Gasteiger partial charge in [0.25, 0.3) is 0 Å². The monoisotopic (exact) mass is 442 g/mol. The van der Waals surface area contributed by atoms with E-state index >= 15 is 0 Å². The van der Waals surface area contributed by atoms with Gasteiger partial charge in [0, 0.05) is 30.9 Å². The van der Waals surface area contributed by atoms with Crippen molar-refractivity contribution in [1.29, 1.82) is 0 Å². The van der Waals surface area contributed by atoms with Crippen molar-refractivity contribution in [3.8, 4) is 0 Å². The molecule has 7 rings (SSSR count). The van der Waals surface area contributed by atoms with Gasteiger partial charge < -0.3 is 10.2 Å². The summed E-state index contributed by atoms with van der Waals surface area (Å²) in [7, 11) is 0. The fourth-order valence-electron chi connectivity index (χ4n) is 7.55. The van der Waals surface area contributed by atoms with Crippen molar-refractivity contribution in [2.24, 2.45) is 29.1 Å². The van der Waals surface area contributed by atoms with Gasteiger partial charge in [0.2, 0.25) is 11.9 Å². The van der Waals surface area contributed by atoms with Gasteiger partial charge in [-0.25, -0.2) is 9.97 Å². The lowest BCUT2D eigenvalue weighted by atomic mass is 9.88. The number of nitrogens with one attached hydrogen (secondary N) is 1. The highest BCUT2D eigenvalue weighted by Gasteiger charge is 2.62. The zero-order valence-electron chi connectivity index (χ0n) is 19.6. The van der Waals surface area contributed by atoms with Gasteiger partial charge in [-0.3, -0.25) is 4.79 Å². The predicted molar refractivity (Wildman–Crippen MR) is 130 cm³/mol. The molecule has 1 N–H and O–H groups in total. The van der Waals surface area contributed by atoms with Crippen molar-refractivity contribution in [2.45, 2.75) is 58.3 Å². The van der Waals surface area contributed by atoms with Crippen LogP contribution in [0.4, 0.5) is 5.95 Å². The van der Waals surface area contributed by atoms with E-state index in [2.05, 4.69) is 41.4 Å². The predicted octanol–water partition coefficient (Wildman–Crippen LogP) is 4.36. The first-order valence-electron chi connectivity index (χ1n) is 13.1. The summed E-state index contributed by atoms with van der Waals surface area (Å²) in [5.74, 6) is 3.38. The molecular formula is C28H34N4O. The number of amides is 1. The van der Waals surface area contributed by atoms with Crippen molar-refractivity contribution in [1.82, 2.24) is 15.3 Å². The second-order valence-corrected chi connectivity index (χ2v) is 11.4. The Morgan fingerprint density at radius 2 is 1.91 bits per heavy atom. The number of aromatic nitrogens is 2. The van der Waals surface area contributed by atoms with Crippen LogP contribution in [-0.2, 0) is 17.6 Å². The number of carbonyl (C=O) groups excluding carboxylic acids is 1. The highest BCUT2D eigenvalue weighted by atomic mass is 16.1. The zero-order chi connectivity index (χ0) is 22.2. The van der Waals surface area contributed by atoms with Crippen molar-refractivity contribution in [3.63, 3.8) is 0 Å². The number of aryl methyl sites for hydroxylation is 3. The number of nitrogens with zero attached hydrogens (tertiary/aromatic N) is 3. The van der Waals surface area contributed by atoms with Crippen molar-refractivity contribution >= 4 is 22.8 Å². The molecule has 0 unspecified atom stereocenters. The smallest absolute Gasteiger partial charge is 0.226 e. The summed E-state index contributed by atoms with van der Waals surface area (Å²) >= 11 is 0. The first kappa shape index (κ1) is 20.0. The molecule has 1 spiro atoms. The summed E-state index contributed by atoms with van der Waals surface area (Å²) in [5, 5.41) is 4.53. The van der Waals surface area contributed by atoms with Crippen molar-refractivity contribution in [3.05, 3.63) is 41.1 Å². The second-order valence-electron chi connectivity index (χ2n) is 11.4. The Balaban J connectivity index is 0.983. The molecule has 4 aliphatic carbocycles. The molecule has 2 heterocycles. The number of piperidine rings is 1. The van der Waals surface area contributed by atoms with E-state index < -0.39 is 0 Å². The van der Waals surface area contributed by atoms with Crippen LogP contribution in [0.2, 0.25) is 0 Å². The molecule has 33 heavy (non-hydrogen) atoms. The van der Waals surface area contributed by atoms with E-state index in [0.717, 1.165) is 61.5 Å². The summed E-state index contributed by atoms with van der Waals surface area (Å²) < 4.78 is 0. The second kappa shape index (κ2) is 7.28. The molecule has 1 aromatic carbocycles. The van der Waals surface area contributed by atoms with E-state index in [0.29, 0.717) is 11.3 Å². The third-order valence-corrected chi connectivity index (χ3v) is 9.62. The van der Waals surface area contributed by atoms with Gasteiger partial charge in [-0.1, -0.05) is 12.2 Å². The van der Waals surface area contributed by atoms with Crippen LogP contribution in [0.1, 0.15) is 55.3 Å². The SMILES string of the molecule is Cc1nc(N2CCC(C(=O)NC[C@@H]3C[C@H]4C=C[C@@H]3C43CC3)CC2)nc2cc3c(cc12)CCC3. The Bertz CT molecular complexity index is 1160. The first-order valence-corrected chi connectivity index (χ1v) is 13.1. The molecule has 172 valence electrons. The number of rotatable bonds is 4. The number of hydrogen-bond acceptors (Lipinski definition) is 4. The van der Waals surface area contributed by atoms with E-state index in [1.54, 1.807) is 0 Å². The molecular weight excluding hydrogens is 408 g/mol. The fraction of sp³-hybridized carbons (Fsp3) is 0.607. The van der Waals surface area contributed by atoms with Gasteiger partial charge in [0.1, 0.15) is 0 Å². The molecule has 1 aromatic heterocycles. The van der Waals surface area contributed by atoms with Crippen LogP contribution in [0.25, 0.3) is 10.9 Å². The molecule has 2 bridgehead atoms. The van der Waals surface area contributed by atoms with Crippen LogP contribution in [0.5, 0.6) is 0 Å². The Morgan fingerprint density at radius 3 is 2.67 bits per heavy atom. The van der Waals surface area contributed by atoms with Crippen LogP contribution in [0.15, 0.2) is 24.3 Å². The number of carbonyl (C=O) groups is 1. The molecule has 1 saturated heterocycles. The van der Waals surface area contributed by atoms with Gasteiger partial charge >= 0.3 is 0 Å². The molecule has 5 nitrogen and oxygen atoms in total. The molecule has 0 radical (unpaired) electrons. The average Bonchev–Trinajstić information content (AvgIpc) is 3.27. The van der Waals surface area contributed by atoms with E-state index in [-0.39, 0.29) is 11.8 Å². The lowest BCUT2D eigenvalue weighted by Crippen LogP contribution is -2.42. The van der Waals surface area contributed by atoms with E-state index in [1.807, 2.05) is 0 Å². The summed E-state index contributed by atoms with van der Waals surface area (Å²) in [6.07, 6.45) is 14.4. The highest BCUT2D eigenvalue weighted by Crippen LogP contribution is 2.69. The quantitative estimate of drug-likeness (QED) is 0.715. The van der Waals surface area contributed by atoms with Gasteiger partial charge in [-0.2, -0.15) is 0 Å². The summed E-state index contributed by atoms with van der Waals surface area (Å²) in [6.45, 7) is 4.68. The summed E-state index contributed by atoms with van der Waals surface area (Å²) in [6, 6.07) is 4.59. The van der Waals surface area contributed by atoms with Crippen LogP contribution in [-0.4, -0.2) is 35.5 Å². The molecule has 3 fully saturated rings. The van der Waals surface area contributed by atoms with Gasteiger partial charge in [0.05, 0.1) is 11.2 Å². The number of allylic oxidation sites excluding steroid dienone is 2. The summed E-state index contributed by atoms with van der Waals surface area (Å²) in [5.41, 5.74) is 5.69. The third-order valence-electron chi connectivity index (χ3n) is 9.62. The summed E-state index contributed by atoms with van der Waals surface area (Å²) in [4.78, 5) is 25.0. The normalized spacial score (nSPS) is 29.2.